The molecule has 11 heteroatoms. The van der Waals surface area contributed by atoms with Crippen molar-refractivity contribution in [3.63, 3.8) is 0 Å². The number of alkyl halides is 2. The van der Waals surface area contributed by atoms with Crippen molar-refractivity contribution < 1.29 is 28.2 Å². The topological polar surface area (TPSA) is 102 Å². The van der Waals surface area contributed by atoms with Crippen LogP contribution in [0.4, 0.5) is 19.3 Å². The van der Waals surface area contributed by atoms with Gasteiger partial charge in [0.05, 0.1) is 48.1 Å². The van der Waals surface area contributed by atoms with Crippen molar-refractivity contribution in [2.75, 3.05) is 12.0 Å². The molecule has 1 fully saturated rings. The molecule has 1 saturated carbocycles. The first-order valence-electron chi connectivity index (χ1n) is 13.1. The van der Waals surface area contributed by atoms with E-state index in [9.17, 15) is 23.5 Å². The number of amides is 1. The number of ether oxygens (including phenoxy) is 1. The second kappa shape index (κ2) is 10.3. The third-order valence-electron chi connectivity index (χ3n) is 8.02. The lowest BCUT2D eigenvalue weighted by Gasteiger charge is -2.34. The molecule has 0 unspecified atom stereocenters. The smallest absolute Gasteiger partial charge is 0.414 e. The lowest BCUT2D eigenvalue weighted by Crippen LogP contribution is -2.42. The maximum absolute atomic E-state index is 13.1. The Morgan fingerprint density at radius 2 is 2.03 bits per heavy atom. The molecule has 204 valence electrons. The van der Waals surface area contributed by atoms with E-state index in [0.29, 0.717) is 19.4 Å². The van der Waals surface area contributed by atoms with Crippen molar-refractivity contribution in [3.05, 3.63) is 41.5 Å². The molecule has 5 rings (SSSR count). The van der Waals surface area contributed by atoms with Crippen molar-refractivity contribution in [2.24, 2.45) is 5.92 Å². The molecule has 1 N–H and O–H groups in total. The zero-order valence-corrected chi connectivity index (χ0v) is 21.8. The summed E-state index contributed by atoms with van der Waals surface area (Å²) in [5.74, 6) is -0.637. The molecule has 0 spiro atoms. The minimum atomic E-state index is -2.59. The Morgan fingerprint density at radius 3 is 2.71 bits per heavy atom. The Balaban J connectivity index is 1.61. The summed E-state index contributed by atoms with van der Waals surface area (Å²) in [5, 5.41) is 13.8. The number of methoxy groups -OCH3 is 1. The summed E-state index contributed by atoms with van der Waals surface area (Å²) in [5.41, 5.74) is 3.29. The molecule has 3 heterocycles. The van der Waals surface area contributed by atoms with Crippen LogP contribution in [0.25, 0.3) is 11.0 Å². The van der Waals surface area contributed by atoms with E-state index in [-0.39, 0.29) is 23.6 Å². The number of carboxylic acid groups (broad SMARTS) is 1. The van der Waals surface area contributed by atoms with Crippen molar-refractivity contribution in [1.82, 2.24) is 19.3 Å². The number of anilines is 1. The molecule has 4 atom stereocenters. The minimum absolute atomic E-state index is 0.0219. The molecular weight excluding hydrogens is 496 g/mol. The molecule has 9 nitrogen and oxygen atoms in total. The van der Waals surface area contributed by atoms with Crippen LogP contribution in [0.5, 0.6) is 0 Å². The number of carbonyl (C=O) groups is 2. The SMILES string of the molecule is COC(=O)N1c2ccc3c(nc([C@H](C)Cn4cc(C(F)F)cn4)n3[C@@H]3CCC[C@@H](C(=O)O)C3)c2CC[C@@H]1C. The molecule has 1 aromatic carbocycles. The maximum atomic E-state index is 13.1. The Labute approximate surface area is 219 Å². The van der Waals surface area contributed by atoms with Gasteiger partial charge in [-0.05, 0) is 51.2 Å². The van der Waals surface area contributed by atoms with Crippen molar-refractivity contribution in [3.8, 4) is 0 Å². The maximum Gasteiger partial charge on any atom is 0.414 e. The fourth-order valence-electron chi connectivity index (χ4n) is 6.10. The fourth-order valence-corrected chi connectivity index (χ4v) is 6.10. The lowest BCUT2D eigenvalue weighted by molar-refractivity contribution is -0.143. The standard InChI is InChI=1S/C27H33F2N5O4/c1-15(13-32-14-18(12-30-32)24(28)29)25-31-23-20-8-7-16(2)33(27(37)38-3)21(20)9-10-22(23)34(25)19-6-4-5-17(11-19)26(35)36/h9-10,12,14-17,19,24H,4-8,11,13H2,1-3H3,(H,35,36)/t15-,16+,17-,19-/m1/s1. The number of imidazole rings is 1. The number of aryl methyl sites for hydroxylation is 1. The molecule has 1 aliphatic carbocycles. The summed E-state index contributed by atoms with van der Waals surface area (Å²) < 4.78 is 35.0. The molecule has 0 radical (unpaired) electrons. The van der Waals surface area contributed by atoms with Gasteiger partial charge in [0.1, 0.15) is 5.82 Å². The Morgan fingerprint density at radius 1 is 1.24 bits per heavy atom. The van der Waals surface area contributed by atoms with Gasteiger partial charge >= 0.3 is 12.1 Å². The van der Waals surface area contributed by atoms with Gasteiger partial charge in [0, 0.05) is 29.8 Å². The number of nitrogens with zero attached hydrogens (tertiary/aromatic N) is 5. The van der Waals surface area contributed by atoms with Gasteiger partial charge in [-0.25, -0.2) is 18.6 Å². The number of benzene rings is 1. The van der Waals surface area contributed by atoms with Gasteiger partial charge in [0.15, 0.2) is 0 Å². The summed E-state index contributed by atoms with van der Waals surface area (Å²) >= 11 is 0. The summed E-state index contributed by atoms with van der Waals surface area (Å²) in [6.45, 7) is 4.31. The lowest BCUT2D eigenvalue weighted by atomic mass is 9.85. The molecule has 1 aliphatic heterocycles. The Bertz CT molecular complexity index is 1350. The van der Waals surface area contributed by atoms with Crippen LogP contribution < -0.4 is 4.90 Å². The van der Waals surface area contributed by atoms with Gasteiger partial charge in [-0.1, -0.05) is 13.3 Å². The van der Waals surface area contributed by atoms with Crippen LogP contribution in [0.15, 0.2) is 24.5 Å². The van der Waals surface area contributed by atoms with E-state index in [0.717, 1.165) is 53.8 Å². The number of fused-ring (bicyclic) bond motifs is 3. The van der Waals surface area contributed by atoms with Crippen LogP contribution in [-0.4, -0.2) is 49.7 Å². The second-order valence-electron chi connectivity index (χ2n) is 10.6. The number of aliphatic carboxylic acids is 1. The van der Waals surface area contributed by atoms with Crippen LogP contribution in [0.2, 0.25) is 0 Å². The monoisotopic (exact) mass is 529 g/mol. The van der Waals surface area contributed by atoms with E-state index in [4.69, 9.17) is 9.72 Å². The highest BCUT2D eigenvalue weighted by Crippen LogP contribution is 2.42. The number of halogens is 2. The Kier molecular flexibility index (Phi) is 7.11. The summed E-state index contributed by atoms with van der Waals surface area (Å²) in [6.07, 6.45) is 3.79. The van der Waals surface area contributed by atoms with E-state index in [2.05, 4.69) is 9.67 Å². The predicted molar refractivity (Wildman–Crippen MR) is 137 cm³/mol. The molecular formula is C27H33F2N5O4. The van der Waals surface area contributed by atoms with Gasteiger partial charge in [-0.3, -0.25) is 14.4 Å². The van der Waals surface area contributed by atoms with E-state index < -0.39 is 24.4 Å². The largest absolute Gasteiger partial charge is 0.481 e. The second-order valence-corrected chi connectivity index (χ2v) is 10.6. The molecule has 0 saturated heterocycles. The molecule has 2 aromatic heterocycles. The van der Waals surface area contributed by atoms with Crippen LogP contribution in [0.3, 0.4) is 0 Å². The van der Waals surface area contributed by atoms with Crippen molar-refractivity contribution in [2.45, 2.75) is 83.3 Å². The number of hydrogen-bond acceptors (Lipinski definition) is 5. The average Bonchev–Trinajstić information content (AvgIpc) is 3.53. The molecule has 38 heavy (non-hydrogen) atoms. The fraction of sp³-hybridized carbons (Fsp3) is 0.556. The average molecular weight is 530 g/mol. The Hall–Kier alpha value is -3.50. The normalized spacial score (nSPS) is 22.5. The van der Waals surface area contributed by atoms with Crippen molar-refractivity contribution >= 4 is 28.8 Å². The van der Waals surface area contributed by atoms with Gasteiger partial charge in [-0.2, -0.15) is 5.10 Å². The number of rotatable bonds is 6. The minimum Gasteiger partial charge on any atom is -0.481 e. The van der Waals surface area contributed by atoms with Gasteiger partial charge in [0.25, 0.3) is 6.43 Å². The van der Waals surface area contributed by atoms with Gasteiger partial charge in [0.2, 0.25) is 0 Å². The predicted octanol–water partition coefficient (Wildman–Crippen LogP) is 5.70. The summed E-state index contributed by atoms with van der Waals surface area (Å²) in [6, 6.07) is 3.81. The summed E-state index contributed by atoms with van der Waals surface area (Å²) in [7, 11) is 1.37. The number of hydrogen-bond donors (Lipinski definition) is 1. The summed E-state index contributed by atoms with van der Waals surface area (Å²) in [4.78, 5) is 31.2. The van der Waals surface area contributed by atoms with Gasteiger partial charge in [-0.15, -0.1) is 0 Å². The molecule has 3 aromatic rings. The van der Waals surface area contributed by atoms with E-state index in [1.807, 2.05) is 26.0 Å². The van der Waals surface area contributed by atoms with Gasteiger partial charge < -0.3 is 14.4 Å². The molecule has 2 aliphatic rings. The zero-order valence-electron chi connectivity index (χ0n) is 21.8. The zero-order chi connectivity index (χ0) is 27.1. The third-order valence-corrected chi connectivity index (χ3v) is 8.02. The first-order chi connectivity index (χ1) is 18.2. The quantitative estimate of drug-likeness (QED) is 0.440. The highest BCUT2D eigenvalue weighted by molar-refractivity contribution is 5.95. The highest BCUT2D eigenvalue weighted by atomic mass is 19.3. The number of aromatic nitrogens is 4. The first kappa shape index (κ1) is 26.1. The number of carboxylic acids is 1. The van der Waals surface area contributed by atoms with E-state index in [1.165, 1.54) is 24.2 Å². The van der Waals surface area contributed by atoms with Crippen LogP contribution in [-0.2, 0) is 22.5 Å². The van der Waals surface area contributed by atoms with Crippen LogP contribution in [0.1, 0.15) is 81.3 Å². The van der Waals surface area contributed by atoms with E-state index in [1.54, 1.807) is 4.90 Å². The van der Waals surface area contributed by atoms with Crippen LogP contribution >= 0.6 is 0 Å². The number of carbonyl (C=O) groups excluding carboxylic acids is 1. The van der Waals surface area contributed by atoms with Crippen LogP contribution in [0, 0.1) is 5.92 Å². The first-order valence-corrected chi connectivity index (χ1v) is 13.1. The third kappa shape index (κ3) is 4.63. The molecule has 0 bridgehead atoms. The van der Waals surface area contributed by atoms with Crippen molar-refractivity contribution in [1.29, 1.82) is 0 Å². The highest BCUT2D eigenvalue weighted by Gasteiger charge is 2.35. The van der Waals surface area contributed by atoms with E-state index >= 15 is 0 Å². The molecule has 1 amide bonds.